The van der Waals surface area contributed by atoms with Crippen molar-refractivity contribution in [2.45, 2.75) is 19.4 Å². The molecule has 2 rings (SSSR count). The largest absolute Gasteiger partial charge is 0.496 e. The maximum atomic E-state index is 5.91. The zero-order valence-electron chi connectivity index (χ0n) is 10.4. The zero-order valence-corrected chi connectivity index (χ0v) is 11.2. The molecule has 0 aliphatic rings. The molecule has 0 amide bonds. The molecular weight excluding hydrogens is 254 g/mol. The normalized spacial score (nSPS) is 11.6. The molecule has 0 aliphatic heterocycles. The van der Waals surface area contributed by atoms with E-state index in [1.807, 2.05) is 0 Å². The summed E-state index contributed by atoms with van der Waals surface area (Å²) in [4.78, 5) is 4.26. The number of hydrogen-bond acceptors (Lipinski definition) is 5. The highest BCUT2D eigenvalue weighted by molar-refractivity contribution is 6.30. The lowest BCUT2D eigenvalue weighted by atomic mass is 10.1. The number of rotatable bonds is 3. The van der Waals surface area contributed by atoms with Crippen LogP contribution in [0.3, 0.4) is 0 Å². The zero-order chi connectivity index (χ0) is 13.3. The maximum Gasteiger partial charge on any atom is 0.261 e. The minimum absolute atomic E-state index is 0.358. The smallest absolute Gasteiger partial charge is 0.261 e. The number of ether oxygens (including phenoxy) is 1. The molecule has 1 aromatic carbocycles. The van der Waals surface area contributed by atoms with Gasteiger partial charge in [-0.05, 0) is 32.0 Å². The van der Waals surface area contributed by atoms with E-state index in [1.165, 1.54) is 0 Å². The van der Waals surface area contributed by atoms with Crippen LogP contribution in [0.2, 0.25) is 5.02 Å². The Morgan fingerprint density at radius 1 is 1.39 bits per heavy atom. The second kappa shape index (κ2) is 4.59. The van der Waals surface area contributed by atoms with E-state index < -0.39 is 5.54 Å². The van der Waals surface area contributed by atoms with E-state index in [9.17, 15) is 0 Å². The molecular formula is C12H14ClN3O2. The van der Waals surface area contributed by atoms with Crippen LogP contribution in [0, 0.1) is 0 Å². The molecule has 0 saturated heterocycles. The van der Waals surface area contributed by atoms with Crippen molar-refractivity contribution < 1.29 is 9.26 Å². The number of nitrogens with zero attached hydrogens (tertiary/aromatic N) is 2. The van der Waals surface area contributed by atoms with Gasteiger partial charge in [-0.3, -0.25) is 0 Å². The minimum Gasteiger partial charge on any atom is -0.496 e. The second-order valence-corrected chi connectivity index (χ2v) is 4.93. The summed E-state index contributed by atoms with van der Waals surface area (Å²) >= 11 is 5.89. The lowest BCUT2D eigenvalue weighted by Gasteiger charge is -2.11. The molecule has 1 aromatic heterocycles. The number of benzene rings is 1. The average molecular weight is 268 g/mol. The predicted octanol–water partition coefficient (Wildman–Crippen LogP) is 2.59. The summed E-state index contributed by atoms with van der Waals surface area (Å²) in [7, 11) is 1.55. The maximum absolute atomic E-state index is 5.91. The van der Waals surface area contributed by atoms with E-state index in [-0.39, 0.29) is 0 Å². The van der Waals surface area contributed by atoms with Gasteiger partial charge in [-0.25, -0.2) is 0 Å². The van der Waals surface area contributed by atoms with Crippen LogP contribution in [0.5, 0.6) is 5.75 Å². The second-order valence-electron chi connectivity index (χ2n) is 4.49. The van der Waals surface area contributed by atoms with Crippen LogP contribution >= 0.6 is 11.6 Å². The standard InChI is InChI=1S/C12H14ClN3O2/c1-12(2,14)11-15-10(18-16-11)8-5-4-7(13)6-9(8)17-3/h4-6H,14H2,1-3H3. The third kappa shape index (κ3) is 2.47. The Hall–Kier alpha value is -1.59. The summed E-state index contributed by atoms with van der Waals surface area (Å²) in [6.45, 7) is 3.61. The number of halogens is 1. The van der Waals surface area contributed by atoms with E-state index in [0.29, 0.717) is 28.1 Å². The molecule has 0 saturated carbocycles. The molecule has 0 radical (unpaired) electrons. The molecule has 96 valence electrons. The Kier molecular flexibility index (Phi) is 3.28. The highest BCUT2D eigenvalue weighted by atomic mass is 35.5. The van der Waals surface area contributed by atoms with Gasteiger partial charge < -0.3 is 15.0 Å². The molecule has 0 atom stereocenters. The SMILES string of the molecule is COc1cc(Cl)ccc1-c1nc(C(C)(C)N)no1. The first kappa shape index (κ1) is 12.9. The number of hydrogen-bond donors (Lipinski definition) is 1. The first-order valence-corrected chi connectivity index (χ1v) is 5.76. The highest BCUT2D eigenvalue weighted by Crippen LogP contribution is 2.31. The Morgan fingerprint density at radius 2 is 2.11 bits per heavy atom. The minimum atomic E-state index is -0.651. The van der Waals surface area contributed by atoms with Crippen LogP contribution in [-0.4, -0.2) is 17.3 Å². The van der Waals surface area contributed by atoms with Gasteiger partial charge in [0.05, 0.1) is 18.2 Å². The van der Waals surface area contributed by atoms with Gasteiger partial charge in [-0.15, -0.1) is 0 Å². The lowest BCUT2D eigenvalue weighted by molar-refractivity contribution is 0.390. The van der Waals surface area contributed by atoms with Crippen LogP contribution < -0.4 is 10.5 Å². The van der Waals surface area contributed by atoms with Crippen LogP contribution in [0.15, 0.2) is 22.7 Å². The summed E-state index contributed by atoms with van der Waals surface area (Å²) in [5.74, 6) is 1.37. The third-order valence-corrected chi connectivity index (χ3v) is 2.63. The summed E-state index contributed by atoms with van der Waals surface area (Å²) in [5.41, 5.74) is 5.94. The van der Waals surface area contributed by atoms with E-state index in [2.05, 4.69) is 10.1 Å². The fourth-order valence-corrected chi connectivity index (χ4v) is 1.60. The highest BCUT2D eigenvalue weighted by Gasteiger charge is 2.23. The van der Waals surface area contributed by atoms with E-state index >= 15 is 0 Å². The quantitative estimate of drug-likeness (QED) is 0.925. The van der Waals surface area contributed by atoms with Crippen molar-refractivity contribution in [1.82, 2.24) is 10.1 Å². The monoisotopic (exact) mass is 267 g/mol. The van der Waals surface area contributed by atoms with Crippen molar-refractivity contribution in [2.24, 2.45) is 5.73 Å². The summed E-state index contributed by atoms with van der Waals surface area (Å²) < 4.78 is 10.4. The number of aromatic nitrogens is 2. The van der Waals surface area contributed by atoms with Crippen molar-refractivity contribution in [3.63, 3.8) is 0 Å². The molecule has 5 nitrogen and oxygen atoms in total. The first-order valence-electron chi connectivity index (χ1n) is 5.39. The number of nitrogens with two attached hydrogens (primary N) is 1. The molecule has 0 aliphatic carbocycles. The Labute approximate surface area is 110 Å². The third-order valence-electron chi connectivity index (χ3n) is 2.40. The fourth-order valence-electron chi connectivity index (χ4n) is 1.44. The average Bonchev–Trinajstić information content (AvgIpc) is 2.77. The van der Waals surface area contributed by atoms with Crippen LogP contribution in [0.4, 0.5) is 0 Å². The number of methoxy groups -OCH3 is 1. The summed E-state index contributed by atoms with van der Waals surface area (Å²) in [6.07, 6.45) is 0. The van der Waals surface area contributed by atoms with Crippen LogP contribution in [-0.2, 0) is 5.54 Å². The van der Waals surface area contributed by atoms with Gasteiger partial charge in [0.15, 0.2) is 5.82 Å². The molecule has 1 heterocycles. The van der Waals surface area contributed by atoms with Gasteiger partial charge in [0.1, 0.15) is 5.75 Å². The van der Waals surface area contributed by atoms with Crippen molar-refractivity contribution in [1.29, 1.82) is 0 Å². The van der Waals surface area contributed by atoms with E-state index in [4.69, 9.17) is 26.6 Å². The van der Waals surface area contributed by atoms with Gasteiger partial charge in [-0.2, -0.15) is 4.98 Å². The van der Waals surface area contributed by atoms with Gasteiger partial charge in [-0.1, -0.05) is 16.8 Å². The Balaban J connectivity index is 2.46. The van der Waals surface area contributed by atoms with Crippen LogP contribution in [0.25, 0.3) is 11.5 Å². The molecule has 0 fully saturated rings. The summed E-state index contributed by atoms with van der Waals surface area (Å²) in [5, 5.41) is 4.44. The molecule has 0 spiro atoms. The van der Waals surface area contributed by atoms with Gasteiger partial charge in [0, 0.05) is 5.02 Å². The Bertz CT molecular complexity index is 561. The van der Waals surface area contributed by atoms with Crippen molar-refractivity contribution in [3.05, 3.63) is 29.0 Å². The molecule has 0 unspecified atom stereocenters. The molecule has 0 bridgehead atoms. The molecule has 2 aromatic rings. The fraction of sp³-hybridized carbons (Fsp3) is 0.333. The van der Waals surface area contributed by atoms with E-state index in [1.54, 1.807) is 39.2 Å². The van der Waals surface area contributed by atoms with Crippen molar-refractivity contribution in [2.75, 3.05) is 7.11 Å². The topological polar surface area (TPSA) is 74.2 Å². The molecule has 18 heavy (non-hydrogen) atoms. The van der Waals surface area contributed by atoms with Gasteiger partial charge >= 0.3 is 0 Å². The first-order chi connectivity index (χ1) is 8.41. The molecule has 6 heteroatoms. The predicted molar refractivity (Wildman–Crippen MR) is 68.5 cm³/mol. The Morgan fingerprint density at radius 3 is 2.67 bits per heavy atom. The summed E-state index contributed by atoms with van der Waals surface area (Å²) in [6, 6.07) is 5.19. The van der Waals surface area contributed by atoms with E-state index in [0.717, 1.165) is 0 Å². The van der Waals surface area contributed by atoms with Gasteiger partial charge in [0.2, 0.25) is 0 Å². The van der Waals surface area contributed by atoms with Crippen molar-refractivity contribution in [3.8, 4) is 17.2 Å². The molecule has 2 N–H and O–H groups in total. The van der Waals surface area contributed by atoms with Crippen molar-refractivity contribution >= 4 is 11.6 Å². The van der Waals surface area contributed by atoms with Crippen LogP contribution in [0.1, 0.15) is 19.7 Å². The lowest BCUT2D eigenvalue weighted by Crippen LogP contribution is -2.30. The van der Waals surface area contributed by atoms with Gasteiger partial charge in [0.25, 0.3) is 5.89 Å².